The summed E-state index contributed by atoms with van der Waals surface area (Å²) < 4.78 is 0.255. The van der Waals surface area contributed by atoms with Gasteiger partial charge in [0.05, 0.1) is 5.56 Å². The van der Waals surface area contributed by atoms with Gasteiger partial charge in [-0.2, -0.15) is 5.26 Å². The standard InChI is InChI=1S/C7H3BrN2O2/c8-6-4(3-9)1-2-5(10-6)7(11)12/h1-2H,(H,11,12). The topological polar surface area (TPSA) is 74.0 Å². The number of hydrogen-bond acceptors (Lipinski definition) is 3. The number of rotatable bonds is 1. The molecule has 0 amide bonds. The average Bonchev–Trinajstić information content (AvgIpc) is 2.04. The van der Waals surface area contributed by atoms with Crippen molar-refractivity contribution in [2.24, 2.45) is 0 Å². The third-order valence-corrected chi connectivity index (χ3v) is 1.79. The van der Waals surface area contributed by atoms with Crippen molar-refractivity contribution in [1.82, 2.24) is 4.98 Å². The minimum atomic E-state index is -1.11. The largest absolute Gasteiger partial charge is 0.477 e. The van der Waals surface area contributed by atoms with Gasteiger partial charge in [-0.05, 0) is 28.1 Å². The van der Waals surface area contributed by atoms with Crippen molar-refractivity contribution in [3.63, 3.8) is 0 Å². The first-order valence-electron chi connectivity index (χ1n) is 2.95. The van der Waals surface area contributed by atoms with E-state index < -0.39 is 5.97 Å². The third kappa shape index (κ3) is 1.60. The van der Waals surface area contributed by atoms with Crippen LogP contribution in [-0.4, -0.2) is 16.1 Å². The maximum atomic E-state index is 10.4. The minimum Gasteiger partial charge on any atom is -0.477 e. The molecule has 0 aliphatic rings. The molecule has 0 radical (unpaired) electrons. The summed E-state index contributed by atoms with van der Waals surface area (Å²) in [6.07, 6.45) is 0. The molecule has 0 aromatic carbocycles. The summed E-state index contributed by atoms with van der Waals surface area (Å²) in [5.74, 6) is -1.11. The second-order valence-electron chi connectivity index (χ2n) is 1.95. The predicted octanol–water partition coefficient (Wildman–Crippen LogP) is 1.41. The van der Waals surface area contributed by atoms with Crippen molar-refractivity contribution in [3.05, 3.63) is 28.0 Å². The molecule has 0 aliphatic heterocycles. The molecule has 0 atom stereocenters. The van der Waals surface area contributed by atoms with Crippen LogP contribution in [0.15, 0.2) is 16.7 Å². The van der Waals surface area contributed by atoms with E-state index in [9.17, 15) is 4.79 Å². The molecule has 1 aromatic rings. The molecule has 12 heavy (non-hydrogen) atoms. The van der Waals surface area contributed by atoms with Crippen molar-refractivity contribution < 1.29 is 9.90 Å². The molecule has 0 fully saturated rings. The fraction of sp³-hybridized carbons (Fsp3) is 0. The van der Waals surface area contributed by atoms with E-state index in [4.69, 9.17) is 10.4 Å². The van der Waals surface area contributed by atoms with Gasteiger partial charge in [0.1, 0.15) is 16.4 Å². The molecular weight excluding hydrogens is 224 g/mol. The number of pyridine rings is 1. The molecule has 5 heteroatoms. The van der Waals surface area contributed by atoms with E-state index >= 15 is 0 Å². The number of carbonyl (C=O) groups is 1. The normalized spacial score (nSPS) is 9.00. The quantitative estimate of drug-likeness (QED) is 0.736. The summed E-state index contributed by atoms with van der Waals surface area (Å²) in [6.45, 7) is 0. The van der Waals surface area contributed by atoms with Gasteiger partial charge in [0.25, 0.3) is 0 Å². The Kier molecular flexibility index (Phi) is 2.41. The molecule has 0 saturated heterocycles. The molecule has 0 spiro atoms. The smallest absolute Gasteiger partial charge is 0.354 e. The summed E-state index contributed by atoms with van der Waals surface area (Å²) in [5, 5.41) is 17.0. The van der Waals surface area contributed by atoms with Crippen LogP contribution in [0.5, 0.6) is 0 Å². The van der Waals surface area contributed by atoms with Crippen LogP contribution >= 0.6 is 15.9 Å². The predicted molar refractivity (Wildman–Crippen MR) is 43.6 cm³/mol. The first-order chi connectivity index (χ1) is 5.65. The molecule has 1 heterocycles. The summed E-state index contributed by atoms with van der Waals surface area (Å²) in [5.41, 5.74) is 0.237. The van der Waals surface area contributed by atoms with E-state index in [1.807, 2.05) is 6.07 Å². The second-order valence-corrected chi connectivity index (χ2v) is 2.70. The molecule has 0 bridgehead atoms. The van der Waals surface area contributed by atoms with Gasteiger partial charge in [0.15, 0.2) is 0 Å². The van der Waals surface area contributed by atoms with Gasteiger partial charge in [-0.25, -0.2) is 9.78 Å². The van der Waals surface area contributed by atoms with Gasteiger partial charge in [0, 0.05) is 0 Å². The number of aromatic carboxylic acids is 1. The number of carboxylic acids is 1. The third-order valence-electron chi connectivity index (χ3n) is 1.19. The Balaban J connectivity index is 3.21. The van der Waals surface area contributed by atoms with E-state index in [0.717, 1.165) is 0 Å². The lowest BCUT2D eigenvalue weighted by molar-refractivity contribution is 0.0690. The fourth-order valence-corrected chi connectivity index (χ4v) is 1.05. The first kappa shape index (κ1) is 8.68. The first-order valence-corrected chi connectivity index (χ1v) is 3.74. The Bertz CT molecular complexity index is 370. The van der Waals surface area contributed by atoms with Crippen LogP contribution < -0.4 is 0 Å². The molecule has 0 saturated carbocycles. The van der Waals surface area contributed by atoms with E-state index in [-0.39, 0.29) is 10.3 Å². The Labute approximate surface area is 76.6 Å². The van der Waals surface area contributed by atoms with Gasteiger partial charge in [-0.3, -0.25) is 0 Å². The number of halogens is 1. The number of nitrogens with zero attached hydrogens (tertiary/aromatic N) is 2. The van der Waals surface area contributed by atoms with Gasteiger partial charge in [-0.15, -0.1) is 0 Å². The summed E-state index contributed by atoms with van der Waals surface area (Å²) in [7, 11) is 0. The fourth-order valence-electron chi connectivity index (χ4n) is 0.637. The van der Waals surface area contributed by atoms with Gasteiger partial charge in [-0.1, -0.05) is 0 Å². The monoisotopic (exact) mass is 226 g/mol. The highest BCUT2D eigenvalue weighted by atomic mass is 79.9. The number of aromatic nitrogens is 1. The number of nitriles is 1. The summed E-state index contributed by atoms with van der Waals surface area (Å²) >= 11 is 2.98. The maximum Gasteiger partial charge on any atom is 0.354 e. The Morgan fingerprint density at radius 1 is 1.67 bits per heavy atom. The average molecular weight is 227 g/mol. The van der Waals surface area contributed by atoms with Crippen molar-refractivity contribution in [2.75, 3.05) is 0 Å². The zero-order valence-corrected chi connectivity index (χ0v) is 7.37. The highest BCUT2D eigenvalue weighted by molar-refractivity contribution is 9.10. The molecule has 60 valence electrons. The Morgan fingerprint density at radius 3 is 2.75 bits per heavy atom. The van der Waals surface area contributed by atoms with Gasteiger partial charge < -0.3 is 5.11 Å². The Morgan fingerprint density at radius 2 is 2.33 bits per heavy atom. The van der Waals surface area contributed by atoms with E-state index in [1.165, 1.54) is 12.1 Å². The summed E-state index contributed by atoms with van der Waals surface area (Å²) in [6, 6.07) is 4.55. The van der Waals surface area contributed by atoms with Crippen LogP contribution in [0, 0.1) is 11.3 Å². The number of hydrogen-bond donors (Lipinski definition) is 1. The van der Waals surface area contributed by atoms with Crippen LogP contribution in [0.4, 0.5) is 0 Å². The molecule has 0 aliphatic carbocycles. The van der Waals surface area contributed by atoms with Gasteiger partial charge in [0.2, 0.25) is 0 Å². The van der Waals surface area contributed by atoms with Crippen LogP contribution in [0.25, 0.3) is 0 Å². The lowest BCUT2D eigenvalue weighted by Crippen LogP contribution is -2.00. The van der Waals surface area contributed by atoms with Crippen LogP contribution in [0.3, 0.4) is 0 Å². The highest BCUT2D eigenvalue weighted by Gasteiger charge is 2.07. The maximum absolute atomic E-state index is 10.4. The lowest BCUT2D eigenvalue weighted by Gasteiger charge is -1.95. The molecule has 1 rings (SSSR count). The summed E-state index contributed by atoms with van der Waals surface area (Å²) in [4.78, 5) is 14.0. The van der Waals surface area contributed by atoms with E-state index in [2.05, 4.69) is 20.9 Å². The zero-order valence-electron chi connectivity index (χ0n) is 5.78. The van der Waals surface area contributed by atoms with Crippen molar-refractivity contribution in [1.29, 1.82) is 5.26 Å². The molecule has 0 unspecified atom stereocenters. The zero-order chi connectivity index (χ0) is 9.14. The highest BCUT2D eigenvalue weighted by Crippen LogP contribution is 2.13. The van der Waals surface area contributed by atoms with Crippen molar-refractivity contribution in [3.8, 4) is 6.07 Å². The van der Waals surface area contributed by atoms with E-state index in [1.54, 1.807) is 0 Å². The molecule has 1 aromatic heterocycles. The van der Waals surface area contributed by atoms with E-state index in [0.29, 0.717) is 5.56 Å². The SMILES string of the molecule is N#Cc1ccc(C(=O)O)nc1Br. The van der Waals surface area contributed by atoms with Crippen LogP contribution in [0.1, 0.15) is 16.1 Å². The van der Waals surface area contributed by atoms with Crippen molar-refractivity contribution >= 4 is 21.9 Å². The molecule has 1 N–H and O–H groups in total. The second kappa shape index (κ2) is 3.32. The van der Waals surface area contributed by atoms with Crippen LogP contribution in [0.2, 0.25) is 0 Å². The minimum absolute atomic E-state index is 0.0825. The molecular formula is C7H3BrN2O2. The Hall–Kier alpha value is -1.41. The molecule has 4 nitrogen and oxygen atoms in total. The number of carboxylic acid groups (broad SMARTS) is 1. The van der Waals surface area contributed by atoms with Crippen LogP contribution in [-0.2, 0) is 0 Å². The lowest BCUT2D eigenvalue weighted by atomic mass is 10.3. The van der Waals surface area contributed by atoms with Crippen molar-refractivity contribution in [2.45, 2.75) is 0 Å². The van der Waals surface area contributed by atoms with Gasteiger partial charge >= 0.3 is 5.97 Å².